The molecule has 0 fully saturated rings. The summed E-state index contributed by atoms with van der Waals surface area (Å²) < 4.78 is 5.73. The number of furan rings is 1. The molecule has 0 saturated carbocycles. The van der Waals surface area contributed by atoms with Crippen LogP contribution in [0.1, 0.15) is 16.1 Å². The van der Waals surface area contributed by atoms with Gasteiger partial charge in [0.15, 0.2) is 5.76 Å². The zero-order chi connectivity index (χ0) is 17.9. The van der Waals surface area contributed by atoms with Gasteiger partial charge in [-0.15, -0.1) is 0 Å². The predicted octanol–water partition coefficient (Wildman–Crippen LogP) is 2.97. The third-order valence-electron chi connectivity index (χ3n) is 3.17. The number of halogens is 1. The van der Waals surface area contributed by atoms with E-state index in [2.05, 4.69) is 21.2 Å². The smallest absolute Gasteiger partial charge is 0.395 e. The quantitative estimate of drug-likeness (QED) is 0.618. The standard InChI is InChI=1S/C15H14BrN3O5/c1-9-7-10(16)3-4-11(9)17-13(20)8-18(2)15(21)12-5-6-14(24-12)19(22)23/h3-7H,8H2,1-2H3,(H,17,20). The molecule has 1 heterocycles. The van der Waals surface area contributed by atoms with Gasteiger partial charge in [0.05, 0.1) is 12.6 Å². The second-order valence-corrected chi connectivity index (χ2v) is 5.98. The Morgan fingerprint density at radius 1 is 1.33 bits per heavy atom. The highest BCUT2D eigenvalue weighted by atomic mass is 79.9. The summed E-state index contributed by atoms with van der Waals surface area (Å²) in [5.74, 6) is -1.73. The zero-order valence-electron chi connectivity index (χ0n) is 12.9. The lowest BCUT2D eigenvalue weighted by molar-refractivity contribution is -0.402. The molecule has 0 saturated heterocycles. The van der Waals surface area contributed by atoms with Gasteiger partial charge in [0.2, 0.25) is 5.91 Å². The molecule has 0 atom stereocenters. The van der Waals surface area contributed by atoms with Gasteiger partial charge in [-0.05, 0) is 36.8 Å². The van der Waals surface area contributed by atoms with E-state index < -0.39 is 22.6 Å². The molecule has 0 bridgehead atoms. The number of carbonyl (C=O) groups excluding carboxylic acids is 2. The number of anilines is 1. The van der Waals surface area contributed by atoms with Crippen molar-refractivity contribution in [3.05, 3.63) is 56.2 Å². The van der Waals surface area contributed by atoms with E-state index in [4.69, 9.17) is 4.42 Å². The predicted molar refractivity (Wildman–Crippen MR) is 89.8 cm³/mol. The minimum atomic E-state index is -0.736. The molecule has 0 aliphatic carbocycles. The van der Waals surface area contributed by atoms with Gasteiger partial charge in [-0.1, -0.05) is 15.9 Å². The van der Waals surface area contributed by atoms with Gasteiger partial charge in [0.25, 0.3) is 5.91 Å². The van der Waals surface area contributed by atoms with Gasteiger partial charge in [0.1, 0.15) is 4.92 Å². The summed E-state index contributed by atoms with van der Waals surface area (Å²) in [5, 5.41) is 13.3. The summed E-state index contributed by atoms with van der Waals surface area (Å²) in [5.41, 5.74) is 1.51. The van der Waals surface area contributed by atoms with Crippen molar-refractivity contribution in [3.8, 4) is 0 Å². The third-order valence-corrected chi connectivity index (χ3v) is 3.67. The average Bonchev–Trinajstić information content (AvgIpc) is 2.99. The number of likely N-dealkylation sites (N-methyl/N-ethyl adjacent to an activating group) is 1. The molecule has 1 aromatic heterocycles. The number of amides is 2. The molecule has 1 aromatic carbocycles. The van der Waals surface area contributed by atoms with E-state index in [0.717, 1.165) is 21.0 Å². The highest BCUT2D eigenvalue weighted by Crippen LogP contribution is 2.20. The van der Waals surface area contributed by atoms with Crippen molar-refractivity contribution in [3.63, 3.8) is 0 Å². The molecule has 0 radical (unpaired) electrons. The van der Waals surface area contributed by atoms with E-state index in [1.165, 1.54) is 13.1 Å². The Balaban J connectivity index is 1.99. The van der Waals surface area contributed by atoms with Crippen LogP contribution in [0.4, 0.5) is 11.6 Å². The maximum Gasteiger partial charge on any atom is 0.433 e. The lowest BCUT2D eigenvalue weighted by atomic mass is 10.2. The molecule has 126 valence electrons. The summed E-state index contributed by atoms with van der Waals surface area (Å²) in [6.45, 7) is 1.63. The monoisotopic (exact) mass is 395 g/mol. The molecule has 0 aliphatic rings. The Labute approximate surface area is 145 Å². The summed E-state index contributed by atoms with van der Waals surface area (Å²) in [7, 11) is 1.41. The van der Waals surface area contributed by atoms with E-state index in [1.807, 2.05) is 13.0 Å². The van der Waals surface area contributed by atoms with Gasteiger partial charge >= 0.3 is 5.88 Å². The largest absolute Gasteiger partial charge is 0.433 e. The first-order valence-electron chi connectivity index (χ1n) is 6.83. The van der Waals surface area contributed by atoms with Crippen LogP contribution in [0.2, 0.25) is 0 Å². The molecule has 2 rings (SSSR count). The van der Waals surface area contributed by atoms with Crippen molar-refractivity contribution in [2.24, 2.45) is 0 Å². The Hall–Kier alpha value is -2.68. The topological polar surface area (TPSA) is 106 Å². The van der Waals surface area contributed by atoms with Crippen LogP contribution < -0.4 is 5.32 Å². The molecule has 8 nitrogen and oxygen atoms in total. The zero-order valence-corrected chi connectivity index (χ0v) is 14.5. The third kappa shape index (κ3) is 4.19. The average molecular weight is 396 g/mol. The number of rotatable bonds is 5. The lowest BCUT2D eigenvalue weighted by Crippen LogP contribution is -2.34. The van der Waals surface area contributed by atoms with Crippen molar-refractivity contribution in [1.29, 1.82) is 0 Å². The second-order valence-electron chi connectivity index (χ2n) is 5.06. The Morgan fingerprint density at radius 2 is 2.04 bits per heavy atom. The van der Waals surface area contributed by atoms with Crippen LogP contribution in [0.15, 0.2) is 39.2 Å². The summed E-state index contributed by atoms with van der Waals surface area (Å²) >= 11 is 3.34. The number of nitro groups is 1. The van der Waals surface area contributed by atoms with Crippen LogP contribution in [0, 0.1) is 17.0 Å². The number of benzene rings is 1. The number of nitrogens with zero attached hydrogens (tertiary/aromatic N) is 2. The molecule has 0 aliphatic heterocycles. The van der Waals surface area contributed by atoms with Crippen molar-refractivity contribution in [2.75, 3.05) is 18.9 Å². The maximum atomic E-state index is 12.1. The number of hydrogen-bond acceptors (Lipinski definition) is 5. The maximum absolute atomic E-state index is 12.1. The van der Waals surface area contributed by atoms with Crippen molar-refractivity contribution in [2.45, 2.75) is 6.92 Å². The number of hydrogen-bond donors (Lipinski definition) is 1. The SMILES string of the molecule is Cc1cc(Br)ccc1NC(=O)CN(C)C(=O)c1ccc([N+](=O)[O-])o1. The van der Waals surface area contributed by atoms with Crippen LogP contribution >= 0.6 is 15.9 Å². The molecule has 0 unspecified atom stereocenters. The molecular weight excluding hydrogens is 382 g/mol. The molecule has 24 heavy (non-hydrogen) atoms. The fraction of sp³-hybridized carbons (Fsp3) is 0.200. The van der Waals surface area contributed by atoms with Crippen LogP contribution in [0.25, 0.3) is 0 Å². The summed E-state index contributed by atoms with van der Waals surface area (Å²) in [6, 6.07) is 7.68. The van der Waals surface area contributed by atoms with E-state index in [9.17, 15) is 19.7 Å². The highest BCUT2D eigenvalue weighted by Gasteiger charge is 2.21. The summed E-state index contributed by atoms with van der Waals surface area (Å²) in [6.07, 6.45) is 0. The lowest BCUT2D eigenvalue weighted by Gasteiger charge is -2.16. The first-order chi connectivity index (χ1) is 11.3. The normalized spacial score (nSPS) is 10.3. The number of aryl methyl sites for hydroxylation is 1. The number of carbonyl (C=O) groups is 2. The minimum absolute atomic E-state index is 0.197. The minimum Gasteiger partial charge on any atom is -0.395 e. The van der Waals surface area contributed by atoms with E-state index in [-0.39, 0.29) is 12.3 Å². The van der Waals surface area contributed by atoms with Gasteiger partial charge in [-0.2, -0.15) is 0 Å². The van der Waals surface area contributed by atoms with Gasteiger partial charge in [0, 0.05) is 17.2 Å². The summed E-state index contributed by atoms with van der Waals surface area (Å²) in [4.78, 5) is 35.1. The van der Waals surface area contributed by atoms with Crippen molar-refractivity contribution in [1.82, 2.24) is 4.90 Å². The van der Waals surface area contributed by atoms with Crippen LogP contribution in [-0.4, -0.2) is 35.2 Å². The molecule has 2 aromatic rings. The Bertz CT molecular complexity index is 802. The fourth-order valence-electron chi connectivity index (χ4n) is 1.97. The Morgan fingerprint density at radius 3 is 2.62 bits per heavy atom. The van der Waals surface area contributed by atoms with Gasteiger partial charge < -0.3 is 14.6 Å². The first kappa shape index (κ1) is 17.7. The molecule has 9 heteroatoms. The molecular formula is C15H14BrN3O5. The van der Waals surface area contributed by atoms with Crippen molar-refractivity contribution >= 4 is 39.3 Å². The number of nitrogens with one attached hydrogen (secondary N) is 1. The molecule has 1 N–H and O–H groups in total. The van der Waals surface area contributed by atoms with E-state index in [0.29, 0.717) is 5.69 Å². The van der Waals surface area contributed by atoms with Crippen molar-refractivity contribution < 1.29 is 18.9 Å². The fourth-order valence-corrected chi connectivity index (χ4v) is 2.45. The Kier molecular flexibility index (Phi) is 5.35. The molecule has 2 amide bonds. The van der Waals surface area contributed by atoms with Crippen LogP contribution in [-0.2, 0) is 4.79 Å². The molecule has 0 spiro atoms. The van der Waals surface area contributed by atoms with Crippen LogP contribution in [0.5, 0.6) is 0 Å². The van der Waals surface area contributed by atoms with E-state index in [1.54, 1.807) is 12.1 Å². The van der Waals surface area contributed by atoms with Crippen LogP contribution in [0.3, 0.4) is 0 Å². The second kappa shape index (κ2) is 7.26. The van der Waals surface area contributed by atoms with E-state index >= 15 is 0 Å². The highest BCUT2D eigenvalue weighted by molar-refractivity contribution is 9.10. The first-order valence-corrected chi connectivity index (χ1v) is 7.63. The van der Waals surface area contributed by atoms with Gasteiger partial charge in [-0.25, -0.2) is 0 Å². The van der Waals surface area contributed by atoms with Gasteiger partial charge in [-0.3, -0.25) is 19.7 Å².